The molecule has 0 saturated carbocycles. The molecule has 0 amide bonds. The van der Waals surface area contributed by atoms with Gasteiger partial charge in [-0.05, 0) is 0 Å². The summed E-state index contributed by atoms with van der Waals surface area (Å²) < 4.78 is 13.4. The summed E-state index contributed by atoms with van der Waals surface area (Å²) in [6, 6.07) is 0. The zero-order chi connectivity index (χ0) is 17.3. The van der Waals surface area contributed by atoms with Gasteiger partial charge in [-0.2, -0.15) is 0 Å². The molecule has 0 spiro atoms. The van der Waals surface area contributed by atoms with Crippen molar-refractivity contribution in [3.05, 3.63) is 25.1 Å². The van der Waals surface area contributed by atoms with Crippen LogP contribution >= 0.6 is 58.0 Å². The van der Waals surface area contributed by atoms with Crippen LogP contribution in [0, 0.1) is 11.5 Å². The third-order valence-electron chi connectivity index (χ3n) is 1.97. The van der Waals surface area contributed by atoms with Crippen molar-refractivity contribution >= 4 is 64.0 Å². The average Bonchev–Trinajstić information content (AvgIpc) is 2.49. The molecule has 0 bridgehead atoms. The quantitative estimate of drug-likeness (QED) is 0.0880. The molecule has 12 heteroatoms. The van der Waals surface area contributed by atoms with Crippen molar-refractivity contribution in [3.8, 4) is 11.9 Å². The minimum absolute atomic E-state index is 0.156. The molecule has 0 aliphatic rings. The van der Waals surface area contributed by atoms with Crippen LogP contribution in [0.1, 0.15) is 0 Å². The molecule has 3 N–H and O–H groups in total. The van der Waals surface area contributed by atoms with Gasteiger partial charge in [-0.15, -0.1) is 0 Å². The number of nitrogens with two attached hydrogens (primary N) is 1. The molecule has 114 valence electrons. The molecule has 0 radical (unpaired) electrons. The van der Waals surface area contributed by atoms with Gasteiger partial charge in [-0.3, -0.25) is 0 Å². The Balaban J connectivity index is 0.000000472. The summed E-state index contributed by atoms with van der Waals surface area (Å²) in [4.78, 5) is 0. The van der Waals surface area contributed by atoms with E-state index >= 15 is 0 Å². The van der Waals surface area contributed by atoms with Gasteiger partial charge in [0.25, 0.3) is 0 Å². The Hall–Kier alpha value is 1.10. The molecule has 0 unspecified atom stereocenters. The molecular weight excluding hydrogens is 771 g/mol. The van der Waals surface area contributed by atoms with Gasteiger partial charge in [-0.25, -0.2) is 0 Å². The summed E-state index contributed by atoms with van der Waals surface area (Å²) >= 11 is 26.9. The summed E-state index contributed by atoms with van der Waals surface area (Å²) in [5.74, 6) is 0.633. The number of guanidine groups is 1. The van der Waals surface area contributed by atoms with Crippen LogP contribution in [0.25, 0.3) is 0 Å². The van der Waals surface area contributed by atoms with Gasteiger partial charge in [-0.1, -0.05) is 0 Å². The molecule has 0 fully saturated rings. The first-order valence-electron chi connectivity index (χ1n) is 5.90. The van der Waals surface area contributed by atoms with Gasteiger partial charge < -0.3 is 0 Å². The fraction of sp³-hybridized carbons (Fsp3) is 0.200. The van der Waals surface area contributed by atoms with Crippen LogP contribution in [0.5, 0.6) is 5.75 Å². The van der Waals surface area contributed by atoms with Gasteiger partial charge in [0.05, 0.1) is 0 Å². The summed E-state index contributed by atoms with van der Waals surface area (Å²) in [6.07, 6.45) is 1.68. The number of rotatable bonds is 3. The van der Waals surface area contributed by atoms with Crippen molar-refractivity contribution in [1.82, 2.24) is 5.32 Å². The van der Waals surface area contributed by atoms with E-state index in [4.69, 9.17) is 71.6 Å². The second-order valence-electron chi connectivity index (χ2n) is 3.43. The minimum atomic E-state index is -1.37. The van der Waals surface area contributed by atoms with E-state index in [1.54, 1.807) is 6.19 Å². The Bertz CT molecular complexity index is 565. The summed E-state index contributed by atoms with van der Waals surface area (Å²) in [5, 5.41) is 11.2. The fourth-order valence-corrected chi connectivity index (χ4v) is 6.94. The number of nitrogens with one attached hydrogen (secondary N) is 1. The number of hydrogen-bond acceptors (Lipinski definition) is 3. The van der Waals surface area contributed by atoms with Crippen molar-refractivity contribution in [2.45, 2.75) is 8.86 Å². The van der Waals surface area contributed by atoms with E-state index in [9.17, 15) is 0 Å². The number of benzene rings is 1. The first kappa shape index (κ1) is 23.1. The Morgan fingerprint density at radius 3 is 1.91 bits per heavy atom. The van der Waals surface area contributed by atoms with Crippen molar-refractivity contribution in [2.75, 3.05) is 0 Å². The van der Waals surface area contributed by atoms with Crippen LogP contribution < -0.4 is 13.7 Å². The third-order valence-corrected chi connectivity index (χ3v) is 9.01. The van der Waals surface area contributed by atoms with Crippen LogP contribution in [0.15, 0.2) is 2.76 Å². The van der Waals surface area contributed by atoms with Crippen molar-refractivity contribution < 1.29 is 52.6 Å². The number of nitrogens with zero attached hydrogens (tertiary/aromatic N) is 2. The van der Waals surface area contributed by atoms with Gasteiger partial charge in [0.2, 0.25) is 0 Å². The van der Waals surface area contributed by atoms with E-state index in [0.29, 0.717) is 5.75 Å². The van der Waals surface area contributed by atoms with E-state index in [-0.39, 0.29) is 31.1 Å². The van der Waals surface area contributed by atoms with Crippen LogP contribution in [-0.2, 0) is 49.9 Å². The number of hydrogen-bond donors (Lipinski definition) is 2. The van der Waals surface area contributed by atoms with E-state index in [1.165, 1.54) is 0 Å². The SMILES string of the molecule is [CH3][Hg][N]=C(N)NC#N.[CH3][Hg][O]c1c(Cl)c(Cl)c(Cl)c(Cl)c1Cl. The molecule has 5 nitrogen and oxygen atoms in total. The molecule has 0 aliphatic heterocycles. The van der Waals surface area contributed by atoms with Crippen LogP contribution in [-0.4, -0.2) is 5.96 Å². The van der Waals surface area contributed by atoms with Crippen LogP contribution in [0.3, 0.4) is 0 Å². The van der Waals surface area contributed by atoms with E-state index in [1.807, 2.05) is 4.43 Å². The molecule has 1 aromatic carbocycles. The Morgan fingerprint density at radius 1 is 1.09 bits per heavy atom. The maximum absolute atomic E-state index is 7.97. The Labute approximate surface area is 179 Å². The summed E-state index contributed by atoms with van der Waals surface area (Å²) in [6.45, 7) is 0. The zero-order valence-corrected chi connectivity index (χ0v) is 26.5. The third kappa shape index (κ3) is 7.33. The van der Waals surface area contributed by atoms with Gasteiger partial charge in [0.15, 0.2) is 0 Å². The maximum atomic E-state index is 7.97. The first-order chi connectivity index (χ1) is 10.3. The van der Waals surface area contributed by atoms with E-state index < -0.39 is 49.9 Å². The molecular formula is C10H9Cl5Hg2N4O. The van der Waals surface area contributed by atoms with Gasteiger partial charge in [0, 0.05) is 0 Å². The molecule has 0 aromatic heterocycles. The average molecular weight is 780 g/mol. The molecule has 22 heavy (non-hydrogen) atoms. The van der Waals surface area contributed by atoms with Gasteiger partial charge >= 0.3 is 182 Å². The standard InChI is InChI=1S/C6HCl5O.C2H3N4.2CH3.2Hg/c7-1-2(8)4(10)6(12)5(11)3(1)9;3-1-6-2(4)5;;;;/h12H;(H3-,4,5,6);2*1H3;;/q;-1;;;2*+1/p-1. The predicted molar refractivity (Wildman–Crippen MR) is 84.2 cm³/mol. The van der Waals surface area contributed by atoms with Gasteiger partial charge in [0.1, 0.15) is 0 Å². The first-order valence-corrected chi connectivity index (χ1v) is 23.5. The second kappa shape index (κ2) is 12.5. The van der Waals surface area contributed by atoms with Crippen molar-refractivity contribution in [3.63, 3.8) is 0 Å². The summed E-state index contributed by atoms with van der Waals surface area (Å²) in [5.41, 5.74) is 5.17. The second-order valence-corrected chi connectivity index (χ2v) is 12.4. The normalized spacial score (nSPS) is 9.64. The van der Waals surface area contributed by atoms with Crippen LogP contribution in [0.4, 0.5) is 0 Å². The zero-order valence-electron chi connectivity index (χ0n) is 11.7. The van der Waals surface area contributed by atoms with E-state index in [0.717, 1.165) is 0 Å². The van der Waals surface area contributed by atoms with Crippen molar-refractivity contribution in [2.24, 2.45) is 8.49 Å². The van der Waals surface area contributed by atoms with Crippen LogP contribution in [0.2, 0.25) is 34.0 Å². The monoisotopic (exact) mass is 780 g/mol. The Morgan fingerprint density at radius 2 is 1.55 bits per heavy atom. The molecule has 0 saturated heterocycles. The molecule has 1 rings (SSSR count). The molecule has 0 atom stereocenters. The Kier molecular flexibility index (Phi) is 13.1. The topological polar surface area (TPSA) is 83.4 Å². The number of nitriles is 1. The predicted octanol–water partition coefficient (Wildman–Crippen LogP) is 4.80. The number of halogens is 5. The molecule has 1 aromatic rings. The molecule has 0 aliphatic carbocycles. The van der Waals surface area contributed by atoms with Crippen molar-refractivity contribution in [1.29, 1.82) is 5.26 Å². The van der Waals surface area contributed by atoms with E-state index in [2.05, 4.69) is 12.5 Å². The summed E-state index contributed by atoms with van der Waals surface area (Å²) in [7, 11) is 0. The fourth-order valence-electron chi connectivity index (χ4n) is 1.12. The molecule has 0 heterocycles.